The molecule has 0 saturated carbocycles. The summed E-state index contributed by atoms with van der Waals surface area (Å²) in [7, 11) is -3.62. The van der Waals surface area contributed by atoms with Gasteiger partial charge in [0.25, 0.3) is 0 Å². The summed E-state index contributed by atoms with van der Waals surface area (Å²) in [5, 5.41) is 4.57. The van der Waals surface area contributed by atoms with Crippen LogP contribution in [0, 0.1) is 0 Å². The molecule has 10 heteroatoms. The fourth-order valence-electron chi connectivity index (χ4n) is 3.67. The molecule has 1 fully saturated rings. The van der Waals surface area contributed by atoms with E-state index in [2.05, 4.69) is 10.1 Å². The molecule has 0 amide bonds. The summed E-state index contributed by atoms with van der Waals surface area (Å²) in [6.45, 7) is 0.925. The molecule has 30 heavy (non-hydrogen) atoms. The van der Waals surface area contributed by atoms with E-state index >= 15 is 0 Å². The number of piperidine rings is 1. The van der Waals surface area contributed by atoms with Gasteiger partial charge in [0.05, 0.1) is 10.8 Å². The van der Waals surface area contributed by atoms with E-state index in [1.165, 1.54) is 16.4 Å². The maximum atomic E-state index is 13.0. The van der Waals surface area contributed by atoms with Crippen LogP contribution in [0.25, 0.3) is 11.4 Å². The van der Waals surface area contributed by atoms with Crippen molar-refractivity contribution in [2.75, 3.05) is 19.9 Å². The Balaban J connectivity index is 1.36. The molecule has 2 aromatic carbocycles. The van der Waals surface area contributed by atoms with Crippen molar-refractivity contribution in [2.45, 2.75) is 23.7 Å². The zero-order valence-corrected chi connectivity index (χ0v) is 17.4. The van der Waals surface area contributed by atoms with E-state index in [0.717, 1.165) is 12.0 Å². The first-order valence-corrected chi connectivity index (χ1v) is 11.3. The maximum absolute atomic E-state index is 13.0. The Morgan fingerprint density at radius 1 is 1.07 bits per heavy atom. The van der Waals surface area contributed by atoms with Gasteiger partial charge in [0.2, 0.25) is 28.5 Å². The number of benzene rings is 2. The van der Waals surface area contributed by atoms with Gasteiger partial charge >= 0.3 is 0 Å². The first kappa shape index (κ1) is 19.3. The standard InChI is InChI=1S/C20H18ClN3O5S/c21-15-4-6-16(7-5-15)30(25,26)24-9-1-2-14(11-24)20-22-19(23-29-20)13-3-8-17-18(10-13)28-12-27-17/h3-8,10,14H,1-2,9,11-12H2/t14-/m1/s1. The Hall–Kier alpha value is -2.62. The Bertz CT molecular complexity index is 1180. The molecule has 3 heterocycles. The average Bonchev–Trinajstić information content (AvgIpc) is 3.43. The van der Waals surface area contributed by atoms with E-state index in [0.29, 0.717) is 41.2 Å². The highest BCUT2D eigenvalue weighted by atomic mass is 35.5. The van der Waals surface area contributed by atoms with Gasteiger partial charge in [-0.2, -0.15) is 9.29 Å². The minimum atomic E-state index is -3.62. The number of rotatable bonds is 4. The van der Waals surface area contributed by atoms with Crippen LogP contribution in [-0.4, -0.2) is 42.7 Å². The Kier molecular flexibility index (Phi) is 4.88. The number of hydrogen-bond donors (Lipinski definition) is 0. The van der Waals surface area contributed by atoms with Crippen molar-refractivity contribution in [2.24, 2.45) is 0 Å². The number of sulfonamides is 1. The van der Waals surface area contributed by atoms with Gasteiger partial charge in [-0.15, -0.1) is 0 Å². The van der Waals surface area contributed by atoms with Gasteiger partial charge in [-0.05, 0) is 55.3 Å². The van der Waals surface area contributed by atoms with E-state index in [1.807, 2.05) is 6.07 Å². The average molecular weight is 448 g/mol. The molecule has 5 rings (SSSR count). The summed E-state index contributed by atoms with van der Waals surface area (Å²) in [6, 6.07) is 11.6. The second kappa shape index (κ2) is 7.57. The first-order chi connectivity index (χ1) is 14.5. The molecule has 0 unspecified atom stereocenters. The summed E-state index contributed by atoms with van der Waals surface area (Å²) in [6.07, 6.45) is 1.48. The molecule has 0 radical (unpaired) electrons. The lowest BCUT2D eigenvalue weighted by Gasteiger charge is -2.30. The monoisotopic (exact) mass is 447 g/mol. The Morgan fingerprint density at radius 3 is 2.70 bits per heavy atom. The predicted octanol–water partition coefficient (Wildman–Crippen LogP) is 3.69. The quantitative estimate of drug-likeness (QED) is 0.601. The molecule has 0 N–H and O–H groups in total. The molecule has 0 aliphatic carbocycles. The lowest BCUT2D eigenvalue weighted by Crippen LogP contribution is -2.39. The summed E-state index contributed by atoms with van der Waals surface area (Å²) in [5.74, 6) is 2.00. The molecule has 2 aliphatic heterocycles. The molecular formula is C20H18ClN3O5S. The second-order valence-electron chi connectivity index (χ2n) is 7.18. The van der Waals surface area contributed by atoms with Gasteiger partial charge < -0.3 is 14.0 Å². The molecule has 0 spiro atoms. The van der Waals surface area contributed by atoms with Crippen molar-refractivity contribution >= 4 is 21.6 Å². The predicted molar refractivity (Wildman–Crippen MR) is 108 cm³/mol. The number of halogens is 1. The van der Waals surface area contributed by atoms with E-state index in [4.69, 9.17) is 25.6 Å². The number of hydrogen-bond acceptors (Lipinski definition) is 7. The molecule has 0 bridgehead atoms. The minimum Gasteiger partial charge on any atom is -0.454 e. The zero-order chi connectivity index (χ0) is 20.7. The van der Waals surface area contributed by atoms with Gasteiger partial charge in [0.15, 0.2) is 11.5 Å². The fraction of sp³-hybridized carbons (Fsp3) is 0.300. The second-order valence-corrected chi connectivity index (χ2v) is 9.55. The maximum Gasteiger partial charge on any atom is 0.243 e. The highest BCUT2D eigenvalue weighted by molar-refractivity contribution is 7.89. The van der Waals surface area contributed by atoms with E-state index in [-0.39, 0.29) is 24.2 Å². The van der Waals surface area contributed by atoms with Crippen molar-refractivity contribution in [1.29, 1.82) is 0 Å². The zero-order valence-electron chi connectivity index (χ0n) is 15.8. The van der Waals surface area contributed by atoms with Crippen molar-refractivity contribution in [3.63, 3.8) is 0 Å². The number of fused-ring (bicyclic) bond motifs is 1. The van der Waals surface area contributed by atoms with Crippen LogP contribution in [0.2, 0.25) is 5.02 Å². The number of ether oxygens (including phenoxy) is 2. The third kappa shape index (κ3) is 3.53. The molecule has 1 saturated heterocycles. The molecule has 156 valence electrons. The van der Waals surface area contributed by atoms with Crippen molar-refractivity contribution < 1.29 is 22.4 Å². The normalized spacial score (nSPS) is 19.2. The van der Waals surface area contributed by atoms with Crippen LogP contribution in [0.5, 0.6) is 11.5 Å². The first-order valence-electron chi connectivity index (χ1n) is 9.50. The Morgan fingerprint density at radius 2 is 1.87 bits per heavy atom. The van der Waals surface area contributed by atoms with Crippen molar-refractivity contribution in [3.8, 4) is 22.9 Å². The van der Waals surface area contributed by atoms with Gasteiger partial charge in [-0.3, -0.25) is 0 Å². The molecular weight excluding hydrogens is 430 g/mol. The Labute approximate surface area is 178 Å². The van der Waals surface area contributed by atoms with Crippen LogP contribution in [-0.2, 0) is 10.0 Å². The molecule has 3 aromatic rings. The highest BCUT2D eigenvalue weighted by Gasteiger charge is 2.33. The van der Waals surface area contributed by atoms with Crippen LogP contribution in [0.1, 0.15) is 24.7 Å². The van der Waals surface area contributed by atoms with Crippen LogP contribution in [0.15, 0.2) is 51.9 Å². The van der Waals surface area contributed by atoms with E-state index in [9.17, 15) is 8.42 Å². The molecule has 1 atom stereocenters. The van der Waals surface area contributed by atoms with Gasteiger partial charge in [-0.1, -0.05) is 16.8 Å². The van der Waals surface area contributed by atoms with E-state index < -0.39 is 10.0 Å². The topological polar surface area (TPSA) is 94.8 Å². The lowest BCUT2D eigenvalue weighted by atomic mass is 10.00. The lowest BCUT2D eigenvalue weighted by molar-refractivity contribution is 0.174. The van der Waals surface area contributed by atoms with Crippen LogP contribution < -0.4 is 9.47 Å². The third-order valence-electron chi connectivity index (χ3n) is 5.26. The minimum absolute atomic E-state index is 0.170. The van der Waals surface area contributed by atoms with Gasteiger partial charge in [0, 0.05) is 23.7 Å². The van der Waals surface area contributed by atoms with E-state index in [1.54, 1.807) is 24.3 Å². The molecule has 8 nitrogen and oxygen atoms in total. The fourth-order valence-corrected chi connectivity index (χ4v) is 5.32. The van der Waals surface area contributed by atoms with Crippen LogP contribution in [0.4, 0.5) is 0 Å². The molecule has 2 aliphatic rings. The van der Waals surface area contributed by atoms with Gasteiger partial charge in [-0.25, -0.2) is 8.42 Å². The van der Waals surface area contributed by atoms with Crippen LogP contribution in [0.3, 0.4) is 0 Å². The smallest absolute Gasteiger partial charge is 0.243 e. The highest BCUT2D eigenvalue weighted by Crippen LogP contribution is 2.36. The van der Waals surface area contributed by atoms with Gasteiger partial charge in [0.1, 0.15) is 0 Å². The van der Waals surface area contributed by atoms with Crippen molar-refractivity contribution in [3.05, 3.63) is 53.4 Å². The summed E-state index contributed by atoms with van der Waals surface area (Å²) in [4.78, 5) is 4.74. The third-order valence-corrected chi connectivity index (χ3v) is 7.39. The largest absolute Gasteiger partial charge is 0.454 e. The summed E-state index contributed by atoms with van der Waals surface area (Å²) in [5.41, 5.74) is 0.746. The van der Waals surface area contributed by atoms with Crippen molar-refractivity contribution in [1.82, 2.24) is 14.4 Å². The number of aromatic nitrogens is 2. The molecule has 1 aromatic heterocycles. The van der Waals surface area contributed by atoms with Crippen LogP contribution >= 0.6 is 11.6 Å². The number of nitrogens with zero attached hydrogens (tertiary/aromatic N) is 3. The SMILES string of the molecule is O=S(=O)(c1ccc(Cl)cc1)N1CCC[C@@H](c2nc(-c3ccc4c(c3)OCO4)no2)C1. The summed E-state index contributed by atoms with van der Waals surface area (Å²) < 4.78 is 43.7. The summed E-state index contributed by atoms with van der Waals surface area (Å²) >= 11 is 5.88.